The first kappa shape index (κ1) is 15.7. The Hall–Kier alpha value is -3.21. The Morgan fingerprint density at radius 1 is 1.00 bits per heavy atom. The van der Waals surface area contributed by atoms with Crippen LogP contribution in [0.4, 0.5) is 11.4 Å². The number of anilines is 2. The number of hydrogen-bond acceptors (Lipinski definition) is 3. The molecule has 0 unspecified atom stereocenters. The van der Waals surface area contributed by atoms with E-state index in [1.54, 1.807) is 24.4 Å². The van der Waals surface area contributed by atoms with E-state index in [1.165, 1.54) is 11.8 Å². The van der Waals surface area contributed by atoms with Gasteiger partial charge >= 0.3 is 0 Å². The van der Waals surface area contributed by atoms with E-state index < -0.39 is 0 Å². The molecule has 120 valence electrons. The maximum absolute atomic E-state index is 12.4. The molecular weight excluding hydrogens is 302 g/mol. The summed E-state index contributed by atoms with van der Waals surface area (Å²) >= 11 is 0. The van der Waals surface area contributed by atoms with Crippen LogP contribution in [0.1, 0.15) is 6.92 Å². The summed E-state index contributed by atoms with van der Waals surface area (Å²) in [5, 5.41) is 3.79. The molecule has 1 aromatic heterocycles. The molecular formula is C19H17N3O2. The Bertz CT molecular complexity index is 873. The molecule has 0 spiro atoms. The summed E-state index contributed by atoms with van der Waals surface area (Å²) in [5.74, 6) is -0.459. The van der Waals surface area contributed by atoms with E-state index >= 15 is 0 Å². The summed E-state index contributed by atoms with van der Waals surface area (Å²) in [6, 6.07) is 18.5. The molecule has 2 amide bonds. The SMILES string of the molecule is CC(=O)N(CC(=O)Nc1cccc2cccnc12)c1ccccc1. The molecule has 0 aliphatic rings. The van der Waals surface area contributed by atoms with Gasteiger partial charge in [0.2, 0.25) is 11.8 Å². The number of carbonyl (C=O) groups excluding carboxylic acids is 2. The lowest BCUT2D eigenvalue weighted by Crippen LogP contribution is -2.36. The third kappa shape index (κ3) is 3.41. The van der Waals surface area contributed by atoms with Crippen LogP contribution in [-0.2, 0) is 9.59 Å². The van der Waals surface area contributed by atoms with Gasteiger partial charge in [-0.3, -0.25) is 14.6 Å². The second-order valence-electron chi connectivity index (χ2n) is 5.37. The number of hydrogen-bond donors (Lipinski definition) is 1. The van der Waals surface area contributed by atoms with Crippen LogP contribution in [0.15, 0.2) is 66.9 Å². The number of aromatic nitrogens is 1. The zero-order valence-electron chi connectivity index (χ0n) is 13.3. The van der Waals surface area contributed by atoms with E-state index in [0.717, 1.165) is 10.9 Å². The lowest BCUT2D eigenvalue weighted by Gasteiger charge is -2.20. The second kappa shape index (κ2) is 6.91. The molecule has 2 aromatic carbocycles. The fourth-order valence-electron chi connectivity index (χ4n) is 2.53. The third-order valence-corrected chi connectivity index (χ3v) is 3.66. The molecule has 3 aromatic rings. The molecule has 5 nitrogen and oxygen atoms in total. The highest BCUT2D eigenvalue weighted by atomic mass is 16.2. The van der Waals surface area contributed by atoms with Crippen molar-refractivity contribution in [3.05, 3.63) is 66.9 Å². The molecule has 24 heavy (non-hydrogen) atoms. The molecule has 5 heteroatoms. The van der Waals surface area contributed by atoms with E-state index in [-0.39, 0.29) is 18.4 Å². The number of nitrogens with zero attached hydrogens (tertiary/aromatic N) is 2. The van der Waals surface area contributed by atoms with Gasteiger partial charge in [-0.05, 0) is 24.3 Å². The van der Waals surface area contributed by atoms with Gasteiger partial charge in [-0.2, -0.15) is 0 Å². The highest BCUT2D eigenvalue weighted by molar-refractivity contribution is 6.05. The Morgan fingerprint density at radius 3 is 2.50 bits per heavy atom. The molecule has 3 rings (SSSR count). The summed E-state index contributed by atoms with van der Waals surface area (Å²) in [7, 11) is 0. The van der Waals surface area contributed by atoms with Gasteiger partial charge in [0.05, 0.1) is 11.2 Å². The summed E-state index contributed by atoms with van der Waals surface area (Å²) in [6.07, 6.45) is 1.68. The summed E-state index contributed by atoms with van der Waals surface area (Å²) in [4.78, 5) is 30.0. The van der Waals surface area contributed by atoms with Crippen LogP contribution in [0.2, 0.25) is 0 Å². The van der Waals surface area contributed by atoms with Crippen LogP contribution in [0.5, 0.6) is 0 Å². The summed E-state index contributed by atoms with van der Waals surface area (Å²) in [5.41, 5.74) is 2.05. The normalized spacial score (nSPS) is 10.4. The van der Waals surface area contributed by atoms with Gasteiger partial charge in [0.15, 0.2) is 0 Å². The number of benzene rings is 2. The van der Waals surface area contributed by atoms with Crippen molar-refractivity contribution in [2.24, 2.45) is 0 Å². The van der Waals surface area contributed by atoms with Gasteiger partial charge < -0.3 is 10.2 Å². The fourth-order valence-corrected chi connectivity index (χ4v) is 2.53. The summed E-state index contributed by atoms with van der Waals surface area (Å²) in [6.45, 7) is 1.39. The van der Waals surface area contributed by atoms with Crippen LogP contribution in [-0.4, -0.2) is 23.3 Å². The van der Waals surface area contributed by atoms with Gasteiger partial charge in [0.25, 0.3) is 0 Å². The van der Waals surface area contributed by atoms with E-state index in [0.29, 0.717) is 11.4 Å². The molecule has 0 atom stereocenters. The van der Waals surface area contributed by atoms with Crippen LogP contribution in [0.25, 0.3) is 10.9 Å². The van der Waals surface area contributed by atoms with Crippen LogP contribution >= 0.6 is 0 Å². The van der Waals surface area contributed by atoms with Gasteiger partial charge in [-0.15, -0.1) is 0 Å². The average molecular weight is 319 g/mol. The summed E-state index contributed by atoms with van der Waals surface area (Å²) < 4.78 is 0. The number of amides is 2. The van der Waals surface area contributed by atoms with Crippen molar-refractivity contribution >= 4 is 34.1 Å². The molecule has 0 fully saturated rings. The third-order valence-electron chi connectivity index (χ3n) is 3.66. The van der Waals surface area contributed by atoms with Crippen LogP contribution in [0.3, 0.4) is 0 Å². The zero-order chi connectivity index (χ0) is 16.9. The molecule has 0 saturated heterocycles. The highest BCUT2D eigenvalue weighted by Gasteiger charge is 2.16. The van der Waals surface area contributed by atoms with Crippen LogP contribution < -0.4 is 10.2 Å². The minimum atomic E-state index is -0.271. The van der Waals surface area contributed by atoms with E-state index in [4.69, 9.17) is 0 Å². The smallest absolute Gasteiger partial charge is 0.244 e. The largest absolute Gasteiger partial charge is 0.323 e. The Kier molecular flexibility index (Phi) is 4.52. The molecule has 1 heterocycles. The van der Waals surface area contributed by atoms with E-state index in [9.17, 15) is 9.59 Å². The standard InChI is InChI=1S/C19H17N3O2/c1-14(23)22(16-9-3-2-4-10-16)13-18(24)21-17-11-5-7-15-8-6-12-20-19(15)17/h2-12H,13H2,1H3,(H,21,24). The van der Waals surface area contributed by atoms with Crippen molar-refractivity contribution in [1.29, 1.82) is 0 Å². The van der Waals surface area contributed by atoms with Crippen molar-refractivity contribution in [3.63, 3.8) is 0 Å². The highest BCUT2D eigenvalue weighted by Crippen LogP contribution is 2.21. The van der Waals surface area contributed by atoms with Crippen molar-refractivity contribution < 1.29 is 9.59 Å². The number of fused-ring (bicyclic) bond motifs is 1. The molecule has 0 bridgehead atoms. The number of pyridine rings is 1. The number of carbonyl (C=O) groups is 2. The Balaban J connectivity index is 1.80. The lowest BCUT2D eigenvalue weighted by atomic mass is 10.2. The topological polar surface area (TPSA) is 62.3 Å². The molecule has 0 aliphatic carbocycles. The first-order valence-electron chi connectivity index (χ1n) is 7.62. The van der Waals surface area contributed by atoms with Crippen LogP contribution in [0, 0.1) is 0 Å². The molecule has 1 N–H and O–H groups in total. The van der Waals surface area contributed by atoms with Gasteiger partial charge in [0.1, 0.15) is 6.54 Å². The van der Waals surface area contributed by atoms with Crippen molar-refractivity contribution in [3.8, 4) is 0 Å². The molecule has 0 radical (unpaired) electrons. The predicted octanol–water partition coefficient (Wildman–Crippen LogP) is 3.23. The maximum atomic E-state index is 12.4. The number of nitrogens with one attached hydrogen (secondary N) is 1. The average Bonchev–Trinajstić information content (AvgIpc) is 2.60. The maximum Gasteiger partial charge on any atom is 0.244 e. The number of rotatable bonds is 4. The predicted molar refractivity (Wildman–Crippen MR) is 94.8 cm³/mol. The lowest BCUT2D eigenvalue weighted by molar-refractivity contribution is -0.120. The minimum absolute atomic E-state index is 0.0530. The zero-order valence-corrected chi connectivity index (χ0v) is 13.3. The first-order valence-corrected chi connectivity index (χ1v) is 7.62. The first-order chi connectivity index (χ1) is 11.6. The van der Waals surface area contributed by atoms with Crippen molar-refractivity contribution in [1.82, 2.24) is 4.98 Å². The molecule has 0 aliphatic heterocycles. The fraction of sp³-hybridized carbons (Fsp3) is 0.105. The van der Waals surface area contributed by atoms with Crippen molar-refractivity contribution in [2.75, 3.05) is 16.8 Å². The molecule has 0 saturated carbocycles. The number of para-hydroxylation sites is 2. The second-order valence-corrected chi connectivity index (χ2v) is 5.37. The van der Waals surface area contributed by atoms with Crippen molar-refractivity contribution in [2.45, 2.75) is 6.92 Å². The minimum Gasteiger partial charge on any atom is -0.323 e. The quantitative estimate of drug-likeness (QED) is 0.803. The van der Waals surface area contributed by atoms with Gasteiger partial charge in [-0.1, -0.05) is 36.4 Å². The van der Waals surface area contributed by atoms with E-state index in [2.05, 4.69) is 10.3 Å². The van der Waals surface area contributed by atoms with Gasteiger partial charge in [-0.25, -0.2) is 0 Å². The van der Waals surface area contributed by atoms with E-state index in [1.807, 2.05) is 42.5 Å². The Morgan fingerprint density at radius 2 is 1.75 bits per heavy atom. The Labute approximate surface area is 139 Å². The van der Waals surface area contributed by atoms with Gasteiger partial charge in [0, 0.05) is 24.2 Å². The monoisotopic (exact) mass is 319 g/mol.